The van der Waals surface area contributed by atoms with Gasteiger partial charge in [0.1, 0.15) is 0 Å². The Balaban J connectivity index is 1.79. The molecule has 0 spiro atoms. The Morgan fingerprint density at radius 1 is 1.45 bits per heavy atom. The fourth-order valence-electron chi connectivity index (χ4n) is 2.56. The van der Waals surface area contributed by atoms with E-state index >= 15 is 0 Å². The van der Waals surface area contributed by atoms with E-state index in [1.807, 2.05) is 27.8 Å². The zero-order valence-corrected chi connectivity index (χ0v) is 14.7. The van der Waals surface area contributed by atoms with Gasteiger partial charge in [-0.2, -0.15) is 0 Å². The minimum Gasteiger partial charge on any atom is -0.379 e. The number of carbonyl (C=O) groups is 1. The number of amides is 2. The number of nitrogens with one attached hydrogen (secondary N) is 1. The van der Waals surface area contributed by atoms with Crippen molar-refractivity contribution >= 4 is 17.4 Å². The lowest BCUT2D eigenvalue weighted by molar-refractivity contribution is 0.0386. The molecule has 1 aromatic rings. The van der Waals surface area contributed by atoms with Gasteiger partial charge in [0.25, 0.3) is 0 Å². The molecule has 2 rings (SSSR count). The summed E-state index contributed by atoms with van der Waals surface area (Å²) in [6.45, 7) is 11.0. The first-order chi connectivity index (χ1) is 10.5. The lowest BCUT2D eigenvalue weighted by atomic mass is 10.2. The van der Waals surface area contributed by atoms with Crippen molar-refractivity contribution in [3.63, 3.8) is 0 Å². The van der Waals surface area contributed by atoms with Crippen LogP contribution in [0.3, 0.4) is 0 Å². The third-order valence-electron chi connectivity index (χ3n) is 4.03. The van der Waals surface area contributed by atoms with E-state index in [1.165, 1.54) is 0 Å². The highest BCUT2D eigenvalue weighted by atomic mass is 32.1. The highest BCUT2D eigenvalue weighted by Gasteiger charge is 2.21. The molecule has 0 aliphatic carbocycles. The van der Waals surface area contributed by atoms with E-state index in [1.54, 1.807) is 16.2 Å². The van der Waals surface area contributed by atoms with Crippen molar-refractivity contribution in [2.75, 3.05) is 46.4 Å². The number of nitrogens with zero attached hydrogens (tertiary/aromatic N) is 3. The summed E-state index contributed by atoms with van der Waals surface area (Å²) in [6.07, 6.45) is 0. The first kappa shape index (κ1) is 17.2. The highest BCUT2D eigenvalue weighted by Crippen LogP contribution is 2.28. The van der Waals surface area contributed by atoms with Crippen molar-refractivity contribution in [1.82, 2.24) is 20.1 Å². The van der Waals surface area contributed by atoms with Crippen LogP contribution in [0, 0.1) is 13.8 Å². The number of carbonyl (C=O) groups excluding carboxylic acids is 1. The Hall–Kier alpha value is -1.18. The molecule has 7 heteroatoms. The summed E-state index contributed by atoms with van der Waals surface area (Å²) in [6, 6.07) is 0.000740. The van der Waals surface area contributed by atoms with Crippen LogP contribution in [-0.4, -0.2) is 67.3 Å². The van der Waals surface area contributed by atoms with Gasteiger partial charge in [-0.05, 0) is 20.8 Å². The number of aromatic nitrogens is 1. The second-order valence-electron chi connectivity index (χ2n) is 5.66. The summed E-state index contributed by atoms with van der Waals surface area (Å²) in [4.78, 5) is 21.9. The van der Waals surface area contributed by atoms with Crippen molar-refractivity contribution in [2.24, 2.45) is 0 Å². The summed E-state index contributed by atoms with van der Waals surface area (Å²) in [5.41, 5.74) is 1.02. The van der Waals surface area contributed by atoms with Gasteiger partial charge in [-0.3, -0.25) is 4.90 Å². The molecular formula is C15H26N4O2S. The molecule has 22 heavy (non-hydrogen) atoms. The maximum absolute atomic E-state index is 12.3. The number of thiazole rings is 1. The molecule has 2 heterocycles. The first-order valence-electron chi connectivity index (χ1n) is 7.73. The topological polar surface area (TPSA) is 57.7 Å². The van der Waals surface area contributed by atoms with Gasteiger partial charge in [-0.25, -0.2) is 9.78 Å². The fourth-order valence-corrected chi connectivity index (χ4v) is 3.58. The van der Waals surface area contributed by atoms with Crippen molar-refractivity contribution in [2.45, 2.75) is 26.8 Å². The van der Waals surface area contributed by atoms with Crippen LogP contribution in [0.2, 0.25) is 0 Å². The number of ether oxygens (including phenoxy) is 1. The zero-order chi connectivity index (χ0) is 16.1. The van der Waals surface area contributed by atoms with Crippen molar-refractivity contribution in [1.29, 1.82) is 0 Å². The van der Waals surface area contributed by atoms with Crippen molar-refractivity contribution in [3.8, 4) is 0 Å². The molecule has 2 amide bonds. The predicted molar refractivity (Wildman–Crippen MR) is 88.4 cm³/mol. The minimum atomic E-state index is -0.0359. The molecule has 1 aliphatic heterocycles. The Kier molecular flexibility index (Phi) is 6.16. The van der Waals surface area contributed by atoms with Crippen LogP contribution in [0.1, 0.15) is 28.5 Å². The Morgan fingerprint density at radius 3 is 2.73 bits per heavy atom. The molecule has 1 atom stereocenters. The van der Waals surface area contributed by atoms with Gasteiger partial charge in [0.15, 0.2) is 0 Å². The average molecular weight is 326 g/mol. The molecule has 1 N–H and O–H groups in total. The summed E-state index contributed by atoms with van der Waals surface area (Å²) in [5.74, 6) is 0. The van der Waals surface area contributed by atoms with E-state index < -0.39 is 0 Å². The molecule has 1 saturated heterocycles. The molecule has 0 aromatic carbocycles. The zero-order valence-electron chi connectivity index (χ0n) is 13.9. The normalized spacial score (nSPS) is 17.3. The fraction of sp³-hybridized carbons (Fsp3) is 0.733. The molecular weight excluding hydrogens is 300 g/mol. The summed E-state index contributed by atoms with van der Waals surface area (Å²) in [7, 11) is 1.84. The molecule has 0 bridgehead atoms. The molecule has 0 radical (unpaired) electrons. The van der Waals surface area contributed by atoms with Gasteiger partial charge in [-0.15, -0.1) is 11.3 Å². The second-order valence-corrected chi connectivity index (χ2v) is 6.89. The van der Waals surface area contributed by atoms with Crippen LogP contribution < -0.4 is 5.32 Å². The first-order valence-corrected chi connectivity index (χ1v) is 8.55. The van der Waals surface area contributed by atoms with E-state index in [0.717, 1.165) is 48.4 Å². The Labute approximate surface area is 136 Å². The maximum atomic E-state index is 12.3. The molecule has 6 nitrogen and oxygen atoms in total. The highest BCUT2D eigenvalue weighted by molar-refractivity contribution is 7.11. The average Bonchev–Trinajstić information content (AvgIpc) is 2.85. The number of hydrogen-bond donors (Lipinski definition) is 1. The van der Waals surface area contributed by atoms with Crippen LogP contribution in [0.25, 0.3) is 0 Å². The van der Waals surface area contributed by atoms with Gasteiger partial charge in [0.2, 0.25) is 0 Å². The molecule has 1 aliphatic rings. The van der Waals surface area contributed by atoms with Gasteiger partial charge in [0, 0.05) is 38.1 Å². The van der Waals surface area contributed by atoms with E-state index in [2.05, 4.69) is 15.2 Å². The standard InChI is InChI=1S/C15H26N4O2S/c1-11-14(22-13(3)17-11)12(2)18(4)15(20)16-5-6-19-7-9-21-10-8-19/h12H,5-10H2,1-4H3,(H,16,20)/t12-/m0/s1. The van der Waals surface area contributed by atoms with Crippen LogP contribution >= 0.6 is 11.3 Å². The summed E-state index contributed by atoms with van der Waals surface area (Å²) >= 11 is 1.66. The molecule has 124 valence electrons. The summed E-state index contributed by atoms with van der Waals surface area (Å²) in [5, 5.41) is 4.04. The lowest BCUT2D eigenvalue weighted by Gasteiger charge is -2.28. The van der Waals surface area contributed by atoms with Gasteiger partial charge < -0.3 is 15.0 Å². The Morgan fingerprint density at radius 2 is 2.14 bits per heavy atom. The van der Waals surface area contributed by atoms with Crippen molar-refractivity contribution < 1.29 is 9.53 Å². The quantitative estimate of drug-likeness (QED) is 0.896. The lowest BCUT2D eigenvalue weighted by Crippen LogP contribution is -2.44. The predicted octanol–water partition coefficient (Wildman–Crippen LogP) is 1.79. The SMILES string of the molecule is Cc1nc(C)c([C@H](C)N(C)C(=O)NCCN2CCOCC2)s1. The van der Waals surface area contributed by atoms with Gasteiger partial charge >= 0.3 is 6.03 Å². The smallest absolute Gasteiger partial charge is 0.317 e. The van der Waals surface area contributed by atoms with Gasteiger partial charge in [-0.1, -0.05) is 0 Å². The third-order valence-corrected chi connectivity index (χ3v) is 5.27. The number of aryl methyl sites for hydroxylation is 2. The molecule has 1 aromatic heterocycles. The third kappa shape index (κ3) is 4.41. The van der Waals surface area contributed by atoms with Crippen molar-refractivity contribution in [3.05, 3.63) is 15.6 Å². The molecule has 0 unspecified atom stereocenters. The minimum absolute atomic E-state index is 0.0359. The maximum Gasteiger partial charge on any atom is 0.317 e. The number of morpholine rings is 1. The van der Waals surface area contributed by atoms with E-state index in [-0.39, 0.29) is 12.1 Å². The largest absolute Gasteiger partial charge is 0.379 e. The molecule has 1 fully saturated rings. The second kappa shape index (κ2) is 7.89. The number of urea groups is 1. The molecule has 0 saturated carbocycles. The number of rotatable bonds is 5. The van der Waals surface area contributed by atoms with Crippen LogP contribution in [0.5, 0.6) is 0 Å². The van der Waals surface area contributed by atoms with Crippen LogP contribution in [0.4, 0.5) is 4.79 Å². The summed E-state index contributed by atoms with van der Waals surface area (Å²) < 4.78 is 5.32. The van der Waals surface area contributed by atoms with E-state index in [4.69, 9.17) is 4.74 Å². The van der Waals surface area contributed by atoms with Crippen LogP contribution in [0.15, 0.2) is 0 Å². The van der Waals surface area contributed by atoms with E-state index in [9.17, 15) is 4.79 Å². The van der Waals surface area contributed by atoms with Crippen LogP contribution in [-0.2, 0) is 4.74 Å². The van der Waals surface area contributed by atoms with Gasteiger partial charge in [0.05, 0.1) is 30.0 Å². The monoisotopic (exact) mass is 326 g/mol. The Bertz CT molecular complexity index is 500. The van der Waals surface area contributed by atoms with E-state index in [0.29, 0.717) is 6.54 Å². The number of hydrogen-bond acceptors (Lipinski definition) is 5.